The predicted molar refractivity (Wildman–Crippen MR) is 68.7 cm³/mol. The van der Waals surface area contributed by atoms with Gasteiger partial charge in [0.2, 0.25) is 0 Å². The number of piperazine rings is 1. The van der Waals surface area contributed by atoms with Crippen LogP contribution in [0.25, 0.3) is 0 Å². The molecule has 3 nitrogen and oxygen atoms in total. The van der Waals surface area contributed by atoms with E-state index in [0.29, 0.717) is 12.2 Å². The highest BCUT2D eigenvalue weighted by Gasteiger charge is 2.31. The summed E-state index contributed by atoms with van der Waals surface area (Å²) in [6.45, 7) is 4.48. The summed E-state index contributed by atoms with van der Waals surface area (Å²) in [5, 5.41) is 0. The van der Waals surface area contributed by atoms with E-state index in [-0.39, 0.29) is 17.9 Å². The van der Waals surface area contributed by atoms with Crippen LogP contribution in [0, 0.1) is 5.82 Å². The van der Waals surface area contributed by atoms with Crippen LogP contribution in [0.2, 0.25) is 0 Å². The minimum Gasteiger partial charge on any atom is -0.360 e. The van der Waals surface area contributed by atoms with Gasteiger partial charge >= 0.3 is 0 Å². The van der Waals surface area contributed by atoms with Gasteiger partial charge in [-0.2, -0.15) is 0 Å². The van der Waals surface area contributed by atoms with E-state index in [0.717, 1.165) is 13.1 Å². The fraction of sp³-hybridized carbons (Fsp3) is 0.538. The molecule has 2 unspecified atom stereocenters. The molecular formula is C13H20FN3. The van der Waals surface area contributed by atoms with Gasteiger partial charge in [0, 0.05) is 25.7 Å². The molecule has 0 radical (unpaired) electrons. The number of nitrogens with zero attached hydrogens (tertiary/aromatic N) is 2. The number of benzene rings is 1. The zero-order chi connectivity index (χ0) is 12.4. The van der Waals surface area contributed by atoms with Crippen LogP contribution in [-0.4, -0.2) is 43.7 Å². The van der Waals surface area contributed by atoms with Crippen molar-refractivity contribution in [2.75, 3.05) is 31.6 Å². The summed E-state index contributed by atoms with van der Waals surface area (Å²) in [7, 11) is 2.08. The lowest BCUT2D eigenvalue weighted by atomic mass is 10.1. The lowest BCUT2D eigenvalue weighted by molar-refractivity contribution is 0.233. The lowest BCUT2D eigenvalue weighted by Crippen LogP contribution is -2.59. The molecule has 1 saturated heterocycles. The lowest BCUT2D eigenvalue weighted by Gasteiger charge is -2.45. The number of halogens is 1. The summed E-state index contributed by atoms with van der Waals surface area (Å²) < 4.78 is 13.9. The van der Waals surface area contributed by atoms with Crippen LogP contribution in [0.4, 0.5) is 10.1 Å². The normalized spacial score (nSPS) is 26.2. The molecule has 0 aliphatic carbocycles. The molecule has 1 aliphatic heterocycles. The molecule has 0 bridgehead atoms. The smallest absolute Gasteiger partial charge is 0.146 e. The Morgan fingerprint density at radius 2 is 2.06 bits per heavy atom. The minimum atomic E-state index is -0.164. The largest absolute Gasteiger partial charge is 0.360 e. The summed E-state index contributed by atoms with van der Waals surface area (Å²) in [6.07, 6.45) is 0. The van der Waals surface area contributed by atoms with Gasteiger partial charge in [0.15, 0.2) is 0 Å². The van der Waals surface area contributed by atoms with Gasteiger partial charge in [0.05, 0.1) is 11.7 Å². The SMILES string of the molecule is CC1CN(C)CC(CN)N1c1ccccc1F. The topological polar surface area (TPSA) is 32.5 Å². The summed E-state index contributed by atoms with van der Waals surface area (Å²) in [4.78, 5) is 4.37. The molecule has 1 aromatic rings. The second kappa shape index (κ2) is 5.02. The van der Waals surface area contributed by atoms with E-state index >= 15 is 0 Å². The molecule has 17 heavy (non-hydrogen) atoms. The van der Waals surface area contributed by atoms with E-state index in [1.165, 1.54) is 6.07 Å². The Morgan fingerprint density at radius 3 is 2.71 bits per heavy atom. The third-order valence-electron chi connectivity index (χ3n) is 3.37. The van der Waals surface area contributed by atoms with Crippen LogP contribution in [0.15, 0.2) is 24.3 Å². The minimum absolute atomic E-state index is 0.164. The molecule has 0 amide bonds. The number of para-hydroxylation sites is 1. The molecule has 1 fully saturated rings. The standard InChI is InChI=1S/C13H20FN3/c1-10-8-16(2)9-11(7-15)17(10)13-6-4-3-5-12(13)14/h3-6,10-11H,7-9,15H2,1-2H3. The monoisotopic (exact) mass is 237 g/mol. The summed E-state index contributed by atoms with van der Waals surface area (Å²) in [6, 6.07) is 7.39. The van der Waals surface area contributed by atoms with Gasteiger partial charge in [-0.15, -0.1) is 0 Å². The molecule has 2 N–H and O–H groups in total. The van der Waals surface area contributed by atoms with Crippen LogP contribution >= 0.6 is 0 Å². The summed E-state index contributed by atoms with van der Waals surface area (Å²) >= 11 is 0. The molecule has 94 valence electrons. The first kappa shape index (κ1) is 12.3. The molecule has 1 aliphatic rings. The molecule has 0 spiro atoms. The average molecular weight is 237 g/mol. The molecule has 1 aromatic carbocycles. The zero-order valence-electron chi connectivity index (χ0n) is 10.4. The number of hydrogen-bond acceptors (Lipinski definition) is 3. The Hall–Kier alpha value is -1.13. The molecule has 4 heteroatoms. The number of hydrogen-bond donors (Lipinski definition) is 1. The van der Waals surface area contributed by atoms with Crippen LogP contribution in [-0.2, 0) is 0 Å². The first-order chi connectivity index (χ1) is 8.13. The van der Waals surface area contributed by atoms with E-state index in [1.54, 1.807) is 6.07 Å². The number of nitrogens with two attached hydrogens (primary N) is 1. The number of rotatable bonds is 2. The van der Waals surface area contributed by atoms with Crippen molar-refractivity contribution in [2.45, 2.75) is 19.0 Å². The van der Waals surface area contributed by atoms with E-state index in [1.807, 2.05) is 12.1 Å². The second-order valence-corrected chi connectivity index (χ2v) is 4.82. The van der Waals surface area contributed by atoms with Gasteiger partial charge in [-0.05, 0) is 26.1 Å². The van der Waals surface area contributed by atoms with Crippen LogP contribution < -0.4 is 10.6 Å². The van der Waals surface area contributed by atoms with Crippen molar-refractivity contribution < 1.29 is 4.39 Å². The third kappa shape index (κ3) is 2.42. The van der Waals surface area contributed by atoms with Crippen LogP contribution in [0.1, 0.15) is 6.92 Å². The highest BCUT2D eigenvalue weighted by atomic mass is 19.1. The van der Waals surface area contributed by atoms with E-state index in [4.69, 9.17) is 5.73 Å². The van der Waals surface area contributed by atoms with E-state index in [9.17, 15) is 4.39 Å². The summed E-state index contributed by atoms with van der Waals surface area (Å²) in [5.41, 5.74) is 6.48. The van der Waals surface area contributed by atoms with Crippen molar-refractivity contribution in [2.24, 2.45) is 5.73 Å². The van der Waals surface area contributed by atoms with Crippen molar-refractivity contribution in [1.29, 1.82) is 0 Å². The Balaban J connectivity index is 2.31. The van der Waals surface area contributed by atoms with Gasteiger partial charge < -0.3 is 15.5 Å². The van der Waals surface area contributed by atoms with Gasteiger partial charge in [-0.3, -0.25) is 0 Å². The van der Waals surface area contributed by atoms with Crippen LogP contribution in [0.5, 0.6) is 0 Å². The first-order valence-electron chi connectivity index (χ1n) is 6.05. The highest BCUT2D eigenvalue weighted by Crippen LogP contribution is 2.26. The van der Waals surface area contributed by atoms with Gasteiger partial charge in [0.1, 0.15) is 5.82 Å². The fourth-order valence-corrected chi connectivity index (χ4v) is 2.70. The third-order valence-corrected chi connectivity index (χ3v) is 3.37. The quantitative estimate of drug-likeness (QED) is 0.841. The van der Waals surface area contributed by atoms with Crippen molar-refractivity contribution in [1.82, 2.24) is 4.90 Å². The second-order valence-electron chi connectivity index (χ2n) is 4.82. The highest BCUT2D eigenvalue weighted by molar-refractivity contribution is 5.50. The number of anilines is 1. The predicted octanol–water partition coefficient (Wildman–Crippen LogP) is 1.29. The van der Waals surface area contributed by atoms with Gasteiger partial charge in [0.25, 0.3) is 0 Å². The van der Waals surface area contributed by atoms with Gasteiger partial charge in [-0.1, -0.05) is 12.1 Å². The molecule has 2 atom stereocenters. The van der Waals surface area contributed by atoms with Crippen molar-refractivity contribution in [3.8, 4) is 0 Å². The Morgan fingerprint density at radius 1 is 1.35 bits per heavy atom. The Labute approximate surface area is 102 Å². The van der Waals surface area contributed by atoms with E-state index in [2.05, 4.69) is 23.8 Å². The Kier molecular flexibility index (Phi) is 3.64. The first-order valence-corrected chi connectivity index (χ1v) is 6.05. The van der Waals surface area contributed by atoms with Crippen molar-refractivity contribution in [3.05, 3.63) is 30.1 Å². The Bertz CT molecular complexity index is 383. The maximum Gasteiger partial charge on any atom is 0.146 e. The molecule has 1 heterocycles. The molecule has 0 saturated carbocycles. The van der Waals surface area contributed by atoms with Gasteiger partial charge in [-0.25, -0.2) is 4.39 Å². The summed E-state index contributed by atoms with van der Waals surface area (Å²) in [5.74, 6) is -0.164. The average Bonchev–Trinajstić information content (AvgIpc) is 2.29. The van der Waals surface area contributed by atoms with Crippen LogP contribution in [0.3, 0.4) is 0 Å². The molecule has 2 rings (SSSR count). The molecular weight excluding hydrogens is 217 g/mol. The van der Waals surface area contributed by atoms with Crippen molar-refractivity contribution in [3.63, 3.8) is 0 Å². The number of likely N-dealkylation sites (N-methyl/N-ethyl adjacent to an activating group) is 1. The zero-order valence-corrected chi connectivity index (χ0v) is 10.4. The van der Waals surface area contributed by atoms with Crippen molar-refractivity contribution >= 4 is 5.69 Å². The maximum atomic E-state index is 13.9. The maximum absolute atomic E-state index is 13.9. The van der Waals surface area contributed by atoms with E-state index < -0.39 is 0 Å². The molecule has 0 aromatic heterocycles. The fourth-order valence-electron chi connectivity index (χ4n) is 2.70.